The number of carbonyl (C=O) groups excluding carboxylic acids is 1. The number of ether oxygens (including phenoxy) is 2. The highest BCUT2D eigenvalue weighted by molar-refractivity contribution is 5.97. The van der Waals surface area contributed by atoms with E-state index in [0.29, 0.717) is 12.2 Å². The van der Waals surface area contributed by atoms with E-state index in [2.05, 4.69) is 61.5 Å². The van der Waals surface area contributed by atoms with Crippen molar-refractivity contribution in [3.8, 4) is 28.0 Å². The summed E-state index contributed by atoms with van der Waals surface area (Å²) in [5, 5.41) is 0. The van der Waals surface area contributed by atoms with E-state index in [1.165, 1.54) is 29.4 Å². The fourth-order valence-electron chi connectivity index (χ4n) is 4.60. The Labute approximate surface area is 194 Å². The number of methoxy groups -OCH3 is 1. The molecule has 0 saturated heterocycles. The lowest BCUT2D eigenvalue weighted by molar-refractivity contribution is 0.0601. The summed E-state index contributed by atoms with van der Waals surface area (Å²) < 4.78 is 11.1. The summed E-state index contributed by atoms with van der Waals surface area (Å²) in [5.41, 5.74) is 8.58. The normalized spacial score (nSPS) is 14.8. The van der Waals surface area contributed by atoms with Crippen molar-refractivity contribution in [3.05, 3.63) is 113 Å². The van der Waals surface area contributed by atoms with E-state index >= 15 is 0 Å². The second-order valence-electron chi connectivity index (χ2n) is 8.57. The van der Waals surface area contributed by atoms with Gasteiger partial charge in [0.1, 0.15) is 5.75 Å². The molecule has 0 radical (unpaired) electrons. The lowest BCUT2D eigenvalue weighted by Crippen LogP contribution is -2.19. The Morgan fingerprint density at radius 3 is 2.45 bits per heavy atom. The Morgan fingerprint density at radius 1 is 0.848 bits per heavy atom. The summed E-state index contributed by atoms with van der Waals surface area (Å²) in [4.78, 5) is 12.3. The molecule has 3 heteroatoms. The first-order valence-electron chi connectivity index (χ1n) is 11.2. The molecule has 0 amide bonds. The average molecular weight is 435 g/mol. The van der Waals surface area contributed by atoms with Crippen LogP contribution in [0, 0.1) is 6.92 Å². The van der Waals surface area contributed by atoms with Gasteiger partial charge < -0.3 is 9.47 Å². The maximum absolute atomic E-state index is 12.3. The molecule has 0 spiro atoms. The molecule has 1 aliphatic rings. The van der Waals surface area contributed by atoms with Crippen LogP contribution in [0.3, 0.4) is 0 Å². The van der Waals surface area contributed by atoms with Crippen molar-refractivity contribution >= 4 is 5.97 Å². The number of esters is 1. The number of hydrogen-bond acceptors (Lipinski definition) is 3. The minimum absolute atomic E-state index is 0.272. The van der Waals surface area contributed by atoms with E-state index in [1.807, 2.05) is 30.3 Å². The summed E-state index contributed by atoms with van der Waals surface area (Å²) in [7, 11) is 1.41. The van der Waals surface area contributed by atoms with Crippen molar-refractivity contribution in [2.75, 3.05) is 13.7 Å². The van der Waals surface area contributed by atoms with Crippen LogP contribution in [0.5, 0.6) is 5.75 Å². The van der Waals surface area contributed by atoms with Crippen molar-refractivity contribution in [3.63, 3.8) is 0 Å². The molecule has 1 unspecified atom stereocenters. The van der Waals surface area contributed by atoms with Crippen molar-refractivity contribution in [1.29, 1.82) is 0 Å². The van der Waals surface area contributed by atoms with Crippen LogP contribution in [-0.2, 0) is 11.2 Å². The molecule has 4 aromatic carbocycles. The highest BCUT2D eigenvalue weighted by atomic mass is 16.5. The number of fused-ring (bicyclic) bond motifs is 1. The smallest absolute Gasteiger partial charge is 0.338 e. The van der Waals surface area contributed by atoms with Gasteiger partial charge in [-0.3, -0.25) is 0 Å². The maximum atomic E-state index is 12.3. The SMILES string of the molecule is COC(=O)c1ccccc1-c1ccc2c(c1)CC(c1cccc(-c3cccc(C)c3)c1)CO2. The quantitative estimate of drug-likeness (QED) is 0.330. The summed E-state index contributed by atoms with van der Waals surface area (Å²) in [6.07, 6.45) is 0.890. The molecule has 0 fully saturated rings. The summed E-state index contributed by atoms with van der Waals surface area (Å²) >= 11 is 0. The van der Waals surface area contributed by atoms with E-state index in [9.17, 15) is 4.79 Å². The van der Waals surface area contributed by atoms with Gasteiger partial charge in [0.15, 0.2) is 0 Å². The molecule has 164 valence electrons. The molecule has 0 saturated carbocycles. The predicted molar refractivity (Wildman–Crippen MR) is 132 cm³/mol. The molecule has 33 heavy (non-hydrogen) atoms. The van der Waals surface area contributed by atoms with E-state index in [0.717, 1.165) is 28.9 Å². The van der Waals surface area contributed by atoms with Crippen LogP contribution in [0.1, 0.15) is 33.0 Å². The minimum atomic E-state index is -0.328. The van der Waals surface area contributed by atoms with Crippen LogP contribution in [0.2, 0.25) is 0 Å². The van der Waals surface area contributed by atoms with Crippen molar-refractivity contribution in [2.24, 2.45) is 0 Å². The third kappa shape index (κ3) is 4.27. The Balaban J connectivity index is 1.46. The van der Waals surface area contributed by atoms with Gasteiger partial charge in [-0.2, -0.15) is 0 Å². The van der Waals surface area contributed by atoms with E-state index < -0.39 is 0 Å². The van der Waals surface area contributed by atoms with Gasteiger partial charge in [0.25, 0.3) is 0 Å². The lowest BCUT2D eigenvalue weighted by Gasteiger charge is -2.26. The molecule has 1 aliphatic heterocycles. The molecule has 1 atom stereocenters. The van der Waals surface area contributed by atoms with E-state index in [4.69, 9.17) is 9.47 Å². The zero-order valence-corrected chi connectivity index (χ0v) is 18.9. The average Bonchev–Trinajstić information content (AvgIpc) is 2.87. The molecule has 4 aromatic rings. The maximum Gasteiger partial charge on any atom is 0.338 e. The minimum Gasteiger partial charge on any atom is -0.493 e. The molecule has 0 bridgehead atoms. The Kier molecular flexibility index (Phi) is 5.70. The highest BCUT2D eigenvalue weighted by Gasteiger charge is 2.23. The fourth-order valence-corrected chi connectivity index (χ4v) is 4.60. The number of carbonyl (C=O) groups is 1. The molecule has 3 nitrogen and oxygen atoms in total. The number of aryl methyl sites for hydroxylation is 1. The zero-order valence-electron chi connectivity index (χ0n) is 18.9. The van der Waals surface area contributed by atoms with Gasteiger partial charge in [-0.05, 0) is 64.9 Å². The largest absolute Gasteiger partial charge is 0.493 e. The molecule has 0 aliphatic carbocycles. The summed E-state index contributed by atoms with van der Waals surface area (Å²) in [5.74, 6) is 0.860. The number of benzene rings is 4. The second kappa shape index (κ2) is 8.95. The molecule has 0 N–H and O–H groups in total. The fraction of sp³-hybridized carbons (Fsp3) is 0.167. The van der Waals surface area contributed by atoms with Crippen LogP contribution in [0.25, 0.3) is 22.3 Å². The van der Waals surface area contributed by atoms with Crippen LogP contribution in [-0.4, -0.2) is 19.7 Å². The monoisotopic (exact) mass is 434 g/mol. The predicted octanol–water partition coefficient (Wildman–Crippen LogP) is 6.83. The topological polar surface area (TPSA) is 35.5 Å². The summed E-state index contributed by atoms with van der Waals surface area (Å²) in [6, 6.07) is 31.1. The van der Waals surface area contributed by atoms with Gasteiger partial charge in [0, 0.05) is 5.92 Å². The van der Waals surface area contributed by atoms with Crippen molar-refractivity contribution < 1.29 is 14.3 Å². The number of hydrogen-bond donors (Lipinski definition) is 0. The summed E-state index contributed by atoms with van der Waals surface area (Å²) in [6.45, 7) is 2.78. The molecule has 5 rings (SSSR count). The number of rotatable bonds is 4. The van der Waals surface area contributed by atoms with Crippen molar-refractivity contribution in [1.82, 2.24) is 0 Å². The molecular formula is C30H26O3. The van der Waals surface area contributed by atoms with Gasteiger partial charge in [-0.25, -0.2) is 4.79 Å². The first kappa shape index (κ1) is 21.0. The third-order valence-corrected chi connectivity index (χ3v) is 6.32. The molecule has 0 aromatic heterocycles. The first-order chi connectivity index (χ1) is 16.1. The lowest BCUT2D eigenvalue weighted by atomic mass is 9.87. The second-order valence-corrected chi connectivity index (χ2v) is 8.57. The van der Waals surface area contributed by atoms with Crippen molar-refractivity contribution in [2.45, 2.75) is 19.3 Å². The van der Waals surface area contributed by atoms with Crippen LogP contribution < -0.4 is 4.74 Å². The van der Waals surface area contributed by atoms with Gasteiger partial charge >= 0.3 is 5.97 Å². The first-order valence-corrected chi connectivity index (χ1v) is 11.2. The van der Waals surface area contributed by atoms with Gasteiger partial charge in [-0.15, -0.1) is 0 Å². The standard InChI is InChI=1S/C30H26O3/c1-20-7-5-8-21(15-20)22-9-6-10-23(16-22)26-18-25-17-24(13-14-29(25)33-19-26)27-11-3-4-12-28(27)30(31)32-2/h3-17,26H,18-19H2,1-2H3. The molecular weight excluding hydrogens is 408 g/mol. The van der Waals surface area contributed by atoms with Gasteiger partial charge in [-0.1, -0.05) is 78.4 Å². The Morgan fingerprint density at radius 2 is 1.64 bits per heavy atom. The Hall–Kier alpha value is -3.85. The third-order valence-electron chi connectivity index (χ3n) is 6.32. The zero-order chi connectivity index (χ0) is 22.8. The van der Waals surface area contributed by atoms with Crippen LogP contribution >= 0.6 is 0 Å². The molecule has 1 heterocycles. The van der Waals surface area contributed by atoms with Crippen LogP contribution in [0.4, 0.5) is 0 Å². The Bertz CT molecular complexity index is 1320. The van der Waals surface area contributed by atoms with E-state index in [-0.39, 0.29) is 11.9 Å². The van der Waals surface area contributed by atoms with Gasteiger partial charge in [0.05, 0.1) is 19.3 Å². The van der Waals surface area contributed by atoms with Gasteiger partial charge in [0.2, 0.25) is 0 Å². The van der Waals surface area contributed by atoms with E-state index in [1.54, 1.807) is 6.07 Å². The van der Waals surface area contributed by atoms with Crippen LogP contribution in [0.15, 0.2) is 91.0 Å². The highest BCUT2D eigenvalue weighted by Crippen LogP contribution is 2.37.